The zero-order valence-electron chi connectivity index (χ0n) is 9.76. The molecule has 6 heteroatoms. The first kappa shape index (κ1) is 12.7. The number of anilines is 1. The van der Waals surface area contributed by atoms with Gasteiger partial charge in [-0.25, -0.2) is 0 Å². The SMILES string of the molecule is N#Cc1ccc(NCC2CCSC2)cc1[N+](=O)[O-]. The number of nitrogens with one attached hydrogen (secondary N) is 1. The fourth-order valence-corrected chi connectivity index (χ4v) is 3.18. The normalized spacial score (nSPS) is 18.3. The van der Waals surface area contributed by atoms with Gasteiger partial charge in [-0.1, -0.05) is 0 Å². The average Bonchev–Trinajstić information content (AvgIpc) is 2.89. The molecule has 1 aliphatic rings. The summed E-state index contributed by atoms with van der Waals surface area (Å²) >= 11 is 1.94. The largest absolute Gasteiger partial charge is 0.385 e. The van der Waals surface area contributed by atoms with Crippen molar-refractivity contribution in [3.05, 3.63) is 33.9 Å². The summed E-state index contributed by atoms with van der Waals surface area (Å²) in [6.45, 7) is 0.829. The molecule has 1 aromatic carbocycles. The minimum Gasteiger partial charge on any atom is -0.385 e. The Morgan fingerprint density at radius 1 is 1.61 bits per heavy atom. The van der Waals surface area contributed by atoms with Crippen LogP contribution in [0.15, 0.2) is 18.2 Å². The summed E-state index contributed by atoms with van der Waals surface area (Å²) in [5, 5.41) is 22.8. The lowest BCUT2D eigenvalue weighted by Gasteiger charge is -2.11. The Kier molecular flexibility index (Phi) is 4.05. The van der Waals surface area contributed by atoms with Crippen molar-refractivity contribution in [1.29, 1.82) is 5.26 Å². The lowest BCUT2D eigenvalue weighted by molar-refractivity contribution is -0.385. The van der Waals surface area contributed by atoms with Gasteiger partial charge < -0.3 is 5.32 Å². The lowest BCUT2D eigenvalue weighted by Crippen LogP contribution is -2.13. The van der Waals surface area contributed by atoms with Crippen LogP contribution in [0.4, 0.5) is 11.4 Å². The molecule has 1 aliphatic heterocycles. The second-order valence-electron chi connectivity index (χ2n) is 4.21. The van der Waals surface area contributed by atoms with Gasteiger partial charge in [0.25, 0.3) is 5.69 Å². The van der Waals surface area contributed by atoms with Crippen LogP contribution >= 0.6 is 11.8 Å². The molecule has 1 fully saturated rings. The topological polar surface area (TPSA) is 79.0 Å². The van der Waals surface area contributed by atoms with E-state index in [9.17, 15) is 10.1 Å². The molecular weight excluding hydrogens is 250 g/mol. The van der Waals surface area contributed by atoms with Gasteiger partial charge in [0.15, 0.2) is 0 Å². The Hall–Kier alpha value is -1.74. The van der Waals surface area contributed by atoms with E-state index in [2.05, 4.69) is 5.32 Å². The van der Waals surface area contributed by atoms with Gasteiger partial charge in [-0.2, -0.15) is 17.0 Å². The molecule has 5 nitrogen and oxygen atoms in total. The lowest BCUT2D eigenvalue weighted by atomic mass is 10.1. The van der Waals surface area contributed by atoms with Crippen LogP contribution in [0, 0.1) is 27.4 Å². The molecule has 0 spiro atoms. The number of nitro benzene ring substituents is 1. The number of nitro groups is 1. The van der Waals surface area contributed by atoms with Gasteiger partial charge in [-0.05, 0) is 36.0 Å². The quantitative estimate of drug-likeness (QED) is 0.667. The van der Waals surface area contributed by atoms with E-state index in [1.807, 2.05) is 17.8 Å². The van der Waals surface area contributed by atoms with E-state index in [0.29, 0.717) is 11.6 Å². The Labute approximate surface area is 109 Å². The van der Waals surface area contributed by atoms with Crippen LogP contribution in [-0.2, 0) is 0 Å². The highest BCUT2D eigenvalue weighted by Crippen LogP contribution is 2.26. The van der Waals surface area contributed by atoms with Crippen LogP contribution in [-0.4, -0.2) is 23.0 Å². The molecule has 0 bridgehead atoms. The standard InChI is InChI=1S/C12H13N3O2S/c13-6-10-1-2-11(5-12(10)15(16)17)14-7-9-3-4-18-8-9/h1-2,5,9,14H,3-4,7-8H2. The third-order valence-corrected chi connectivity index (χ3v) is 4.17. The molecule has 1 unspecified atom stereocenters. The second-order valence-corrected chi connectivity index (χ2v) is 5.36. The highest BCUT2D eigenvalue weighted by molar-refractivity contribution is 7.99. The van der Waals surface area contributed by atoms with E-state index in [0.717, 1.165) is 12.3 Å². The van der Waals surface area contributed by atoms with Crippen molar-refractivity contribution in [2.24, 2.45) is 5.92 Å². The first-order chi connectivity index (χ1) is 8.70. The number of hydrogen-bond acceptors (Lipinski definition) is 5. The Morgan fingerprint density at radius 2 is 2.44 bits per heavy atom. The highest BCUT2D eigenvalue weighted by atomic mass is 32.2. The first-order valence-electron chi connectivity index (χ1n) is 5.71. The van der Waals surface area contributed by atoms with Crippen molar-refractivity contribution in [2.75, 3.05) is 23.4 Å². The van der Waals surface area contributed by atoms with E-state index in [-0.39, 0.29) is 11.3 Å². The van der Waals surface area contributed by atoms with Gasteiger partial charge in [0.1, 0.15) is 11.6 Å². The number of thioether (sulfide) groups is 1. The Bertz CT molecular complexity index is 493. The van der Waals surface area contributed by atoms with E-state index >= 15 is 0 Å². The fraction of sp³-hybridized carbons (Fsp3) is 0.417. The number of rotatable bonds is 4. The molecule has 94 valence electrons. The molecule has 0 saturated carbocycles. The van der Waals surface area contributed by atoms with Crippen LogP contribution in [0.3, 0.4) is 0 Å². The monoisotopic (exact) mass is 263 g/mol. The third kappa shape index (κ3) is 2.93. The molecule has 1 heterocycles. The van der Waals surface area contributed by atoms with E-state index in [1.54, 1.807) is 6.07 Å². The summed E-state index contributed by atoms with van der Waals surface area (Å²) in [4.78, 5) is 10.3. The molecule has 1 aromatic rings. The average molecular weight is 263 g/mol. The molecule has 0 aliphatic carbocycles. The summed E-state index contributed by atoms with van der Waals surface area (Å²) in [7, 11) is 0. The zero-order valence-corrected chi connectivity index (χ0v) is 10.6. The fourth-order valence-electron chi connectivity index (χ4n) is 1.89. The predicted molar refractivity (Wildman–Crippen MR) is 71.7 cm³/mol. The molecule has 0 radical (unpaired) electrons. The molecule has 1 N–H and O–H groups in total. The number of nitrogens with zero attached hydrogens (tertiary/aromatic N) is 2. The maximum absolute atomic E-state index is 10.8. The first-order valence-corrected chi connectivity index (χ1v) is 6.86. The number of hydrogen-bond donors (Lipinski definition) is 1. The van der Waals surface area contributed by atoms with Gasteiger partial charge in [-0.15, -0.1) is 0 Å². The molecule has 1 atom stereocenters. The highest BCUT2D eigenvalue weighted by Gasteiger charge is 2.17. The van der Waals surface area contributed by atoms with E-state index in [4.69, 9.17) is 5.26 Å². The summed E-state index contributed by atoms with van der Waals surface area (Å²) in [6.07, 6.45) is 1.19. The second kappa shape index (κ2) is 5.74. The summed E-state index contributed by atoms with van der Waals surface area (Å²) in [5.41, 5.74) is 0.669. The summed E-state index contributed by atoms with van der Waals surface area (Å²) in [5.74, 6) is 2.97. The van der Waals surface area contributed by atoms with Gasteiger partial charge in [-0.3, -0.25) is 10.1 Å². The van der Waals surface area contributed by atoms with E-state index < -0.39 is 4.92 Å². The van der Waals surface area contributed by atoms with Crippen LogP contribution in [0.1, 0.15) is 12.0 Å². The molecule has 0 amide bonds. The van der Waals surface area contributed by atoms with Gasteiger partial charge in [0.05, 0.1) is 4.92 Å². The van der Waals surface area contributed by atoms with Crippen LogP contribution in [0.25, 0.3) is 0 Å². The maximum atomic E-state index is 10.8. The van der Waals surface area contributed by atoms with Gasteiger partial charge >= 0.3 is 0 Å². The van der Waals surface area contributed by atoms with Crippen molar-refractivity contribution in [2.45, 2.75) is 6.42 Å². The molecule has 2 rings (SSSR count). The van der Waals surface area contributed by atoms with Crippen LogP contribution in [0.5, 0.6) is 0 Å². The third-order valence-electron chi connectivity index (χ3n) is 2.93. The van der Waals surface area contributed by atoms with Crippen molar-refractivity contribution in [1.82, 2.24) is 0 Å². The van der Waals surface area contributed by atoms with Gasteiger partial charge in [0, 0.05) is 18.3 Å². The van der Waals surface area contributed by atoms with Crippen molar-refractivity contribution in [3.8, 4) is 6.07 Å². The molecule has 0 aromatic heterocycles. The number of benzene rings is 1. The zero-order chi connectivity index (χ0) is 13.0. The number of nitriles is 1. The van der Waals surface area contributed by atoms with Crippen LogP contribution in [0.2, 0.25) is 0 Å². The smallest absolute Gasteiger partial charge is 0.289 e. The maximum Gasteiger partial charge on any atom is 0.289 e. The van der Waals surface area contributed by atoms with Crippen LogP contribution < -0.4 is 5.32 Å². The predicted octanol–water partition coefficient (Wildman–Crippen LogP) is 2.63. The van der Waals surface area contributed by atoms with Crippen molar-refractivity contribution in [3.63, 3.8) is 0 Å². The van der Waals surface area contributed by atoms with Crippen molar-refractivity contribution < 1.29 is 4.92 Å². The molecule has 1 saturated heterocycles. The van der Waals surface area contributed by atoms with E-state index in [1.165, 1.54) is 24.3 Å². The Balaban J connectivity index is 2.07. The summed E-state index contributed by atoms with van der Waals surface area (Å²) in [6, 6.07) is 6.47. The minimum absolute atomic E-state index is 0.0990. The minimum atomic E-state index is -0.519. The van der Waals surface area contributed by atoms with Gasteiger partial charge in [0.2, 0.25) is 0 Å². The van der Waals surface area contributed by atoms with Crippen molar-refractivity contribution >= 4 is 23.1 Å². The molecule has 18 heavy (non-hydrogen) atoms. The summed E-state index contributed by atoms with van der Waals surface area (Å²) < 4.78 is 0. The molecular formula is C12H13N3O2S. The Morgan fingerprint density at radius 3 is 3.06 bits per heavy atom.